The maximum atomic E-state index is 13.3. The summed E-state index contributed by atoms with van der Waals surface area (Å²) in [6.07, 6.45) is -10.2. The third-order valence-electron chi connectivity index (χ3n) is 3.58. The number of methoxy groups -OCH3 is 1. The lowest BCUT2D eigenvalue weighted by Gasteiger charge is -2.17. The third kappa shape index (κ3) is 4.28. The van der Waals surface area contributed by atoms with Gasteiger partial charge in [0.2, 0.25) is 0 Å². The molecular weight excluding hydrogens is 418 g/mol. The molecule has 0 bridgehead atoms. The fourth-order valence-electron chi connectivity index (χ4n) is 2.43. The zero-order valence-electron chi connectivity index (χ0n) is 13.7. The number of carbonyl (C=O) groups is 1. The molecule has 0 unspecified atom stereocenters. The van der Waals surface area contributed by atoms with Crippen LogP contribution in [0.1, 0.15) is 27.0 Å². The molecule has 0 aliphatic carbocycles. The van der Waals surface area contributed by atoms with E-state index in [0.29, 0.717) is 19.2 Å². The molecule has 2 aromatic carbocycles. The van der Waals surface area contributed by atoms with Crippen LogP contribution in [-0.4, -0.2) is 25.9 Å². The van der Waals surface area contributed by atoms with Crippen LogP contribution in [0.15, 0.2) is 41.3 Å². The molecule has 0 heterocycles. The Balaban J connectivity index is 2.83. The first-order valence-corrected chi connectivity index (χ1v) is 8.59. The van der Waals surface area contributed by atoms with Gasteiger partial charge in [0.15, 0.2) is 11.5 Å². The molecule has 5 nitrogen and oxygen atoms in total. The van der Waals surface area contributed by atoms with Crippen LogP contribution in [-0.2, 0) is 22.5 Å². The van der Waals surface area contributed by atoms with Gasteiger partial charge in [0.25, 0.3) is 10.1 Å². The molecule has 2 aromatic rings. The summed E-state index contributed by atoms with van der Waals surface area (Å²) in [6, 6.07) is 3.78. The predicted octanol–water partition coefficient (Wildman–Crippen LogP) is 4.21. The summed E-state index contributed by atoms with van der Waals surface area (Å²) < 4.78 is 116. The Morgan fingerprint density at radius 2 is 1.50 bits per heavy atom. The Kier molecular flexibility index (Phi) is 5.50. The molecule has 0 radical (unpaired) electrons. The SMILES string of the molecule is COc1c(C(F)(F)F)cc(C(=O)c2ccccc2C(F)(F)F)cc1S(=O)(=O)O. The maximum Gasteiger partial charge on any atom is 0.420 e. The van der Waals surface area contributed by atoms with Gasteiger partial charge in [-0.3, -0.25) is 9.35 Å². The highest BCUT2D eigenvalue weighted by molar-refractivity contribution is 7.86. The number of rotatable bonds is 4. The molecule has 0 saturated carbocycles. The van der Waals surface area contributed by atoms with Crippen molar-refractivity contribution in [1.82, 2.24) is 0 Å². The van der Waals surface area contributed by atoms with Crippen LogP contribution in [0.2, 0.25) is 0 Å². The molecule has 0 saturated heterocycles. The van der Waals surface area contributed by atoms with Gasteiger partial charge in [-0.15, -0.1) is 0 Å². The number of ketones is 1. The predicted molar refractivity (Wildman–Crippen MR) is 82.7 cm³/mol. The standard InChI is InChI=1S/C16H10F6O5S/c1-27-14-11(16(20,21)22)6-8(7-12(14)28(24,25)26)13(23)9-4-2-3-5-10(9)15(17,18)19/h2-7H,1H3,(H,24,25,26). The van der Waals surface area contributed by atoms with E-state index in [-0.39, 0.29) is 6.07 Å². The first kappa shape index (κ1) is 21.7. The van der Waals surface area contributed by atoms with Crippen molar-refractivity contribution < 1.29 is 48.8 Å². The minimum absolute atomic E-state index is 0.156. The lowest BCUT2D eigenvalue weighted by molar-refractivity contribution is -0.139. The van der Waals surface area contributed by atoms with E-state index in [1.165, 1.54) is 0 Å². The summed E-state index contributed by atoms with van der Waals surface area (Å²) in [7, 11) is -4.61. The molecule has 0 atom stereocenters. The molecule has 0 aromatic heterocycles. The van der Waals surface area contributed by atoms with E-state index in [1.54, 1.807) is 0 Å². The van der Waals surface area contributed by atoms with Crippen LogP contribution >= 0.6 is 0 Å². The van der Waals surface area contributed by atoms with Gasteiger partial charge in [0.1, 0.15) is 4.90 Å². The smallest absolute Gasteiger partial charge is 0.420 e. The highest BCUT2D eigenvalue weighted by Gasteiger charge is 2.40. The quantitative estimate of drug-likeness (QED) is 0.448. The third-order valence-corrected chi connectivity index (χ3v) is 4.44. The molecular formula is C16H10F6O5S. The van der Waals surface area contributed by atoms with Crippen molar-refractivity contribution in [3.8, 4) is 5.75 Å². The van der Waals surface area contributed by atoms with Crippen molar-refractivity contribution in [1.29, 1.82) is 0 Å². The Bertz CT molecular complexity index is 1020. The van der Waals surface area contributed by atoms with Gasteiger partial charge in [0.05, 0.1) is 18.2 Å². The van der Waals surface area contributed by atoms with Crippen LogP contribution in [0.4, 0.5) is 26.3 Å². The summed E-state index contributed by atoms with van der Waals surface area (Å²) in [6.45, 7) is 0. The summed E-state index contributed by atoms with van der Waals surface area (Å²) in [5.41, 5.74) is -5.19. The number of hydrogen-bond acceptors (Lipinski definition) is 4. The number of benzene rings is 2. The fraction of sp³-hybridized carbons (Fsp3) is 0.188. The normalized spacial score (nSPS) is 12.7. The summed E-state index contributed by atoms with van der Waals surface area (Å²) in [5.74, 6) is -2.82. The van der Waals surface area contributed by atoms with Crippen molar-refractivity contribution in [3.05, 3.63) is 58.7 Å². The van der Waals surface area contributed by atoms with Crippen molar-refractivity contribution >= 4 is 15.9 Å². The van der Waals surface area contributed by atoms with Gasteiger partial charge in [-0.2, -0.15) is 34.8 Å². The molecule has 28 heavy (non-hydrogen) atoms. The molecule has 1 N–H and O–H groups in total. The van der Waals surface area contributed by atoms with Gasteiger partial charge in [-0.05, 0) is 18.2 Å². The monoisotopic (exact) mass is 428 g/mol. The lowest BCUT2D eigenvalue weighted by atomic mass is 9.96. The van der Waals surface area contributed by atoms with Crippen molar-refractivity contribution in [2.75, 3.05) is 7.11 Å². The number of alkyl halides is 6. The van der Waals surface area contributed by atoms with Gasteiger partial charge in [-0.1, -0.05) is 18.2 Å². The molecule has 0 amide bonds. The number of halogens is 6. The van der Waals surface area contributed by atoms with Crippen molar-refractivity contribution in [3.63, 3.8) is 0 Å². The molecule has 0 aliphatic heterocycles. The van der Waals surface area contributed by atoms with Gasteiger partial charge in [-0.25, -0.2) is 0 Å². The van der Waals surface area contributed by atoms with Crippen LogP contribution in [0.5, 0.6) is 5.75 Å². The van der Waals surface area contributed by atoms with E-state index in [4.69, 9.17) is 0 Å². The zero-order valence-corrected chi connectivity index (χ0v) is 14.5. The second kappa shape index (κ2) is 7.09. The first-order valence-electron chi connectivity index (χ1n) is 7.15. The van der Waals surface area contributed by atoms with Crippen molar-refractivity contribution in [2.24, 2.45) is 0 Å². The molecule has 0 fully saturated rings. The summed E-state index contributed by atoms with van der Waals surface area (Å²) in [4.78, 5) is 11.1. The molecule has 0 aliphatic rings. The Labute approximate surface area is 154 Å². The largest absolute Gasteiger partial charge is 0.495 e. The van der Waals surface area contributed by atoms with Crippen LogP contribution in [0.3, 0.4) is 0 Å². The van der Waals surface area contributed by atoms with Gasteiger partial charge in [0, 0.05) is 11.1 Å². The van der Waals surface area contributed by atoms with E-state index in [1.807, 2.05) is 0 Å². The minimum atomic E-state index is -5.30. The van der Waals surface area contributed by atoms with E-state index in [9.17, 15) is 44.1 Å². The molecule has 12 heteroatoms. The second-order valence-electron chi connectivity index (χ2n) is 5.40. The fourth-order valence-corrected chi connectivity index (χ4v) is 3.13. The average Bonchev–Trinajstić information content (AvgIpc) is 2.57. The Hall–Kier alpha value is -2.60. The summed E-state index contributed by atoms with van der Waals surface area (Å²) >= 11 is 0. The molecule has 152 valence electrons. The van der Waals surface area contributed by atoms with Crippen LogP contribution in [0, 0.1) is 0 Å². The molecule has 2 rings (SSSR count). The first-order chi connectivity index (χ1) is 12.7. The Morgan fingerprint density at radius 3 is 1.96 bits per heavy atom. The summed E-state index contributed by atoms with van der Waals surface area (Å²) in [5, 5.41) is 0. The van der Waals surface area contributed by atoms with E-state index in [2.05, 4.69) is 4.74 Å². The van der Waals surface area contributed by atoms with E-state index >= 15 is 0 Å². The lowest BCUT2D eigenvalue weighted by Crippen LogP contribution is -2.17. The minimum Gasteiger partial charge on any atom is -0.495 e. The number of ether oxygens (including phenoxy) is 1. The van der Waals surface area contributed by atoms with Gasteiger partial charge >= 0.3 is 12.4 Å². The average molecular weight is 428 g/mol. The topological polar surface area (TPSA) is 80.7 Å². The van der Waals surface area contributed by atoms with Crippen LogP contribution in [0.25, 0.3) is 0 Å². The number of carbonyl (C=O) groups excluding carboxylic acids is 1. The Morgan fingerprint density at radius 1 is 0.964 bits per heavy atom. The van der Waals surface area contributed by atoms with Crippen molar-refractivity contribution in [2.45, 2.75) is 17.2 Å². The van der Waals surface area contributed by atoms with Gasteiger partial charge < -0.3 is 4.74 Å². The van der Waals surface area contributed by atoms with E-state index < -0.39 is 61.2 Å². The number of hydrogen-bond donors (Lipinski definition) is 1. The zero-order chi connectivity index (χ0) is 21.5. The second-order valence-corrected chi connectivity index (χ2v) is 6.79. The van der Waals surface area contributed by atoms with Crippen LogP contribution < -0.4 is 4.74 Å². The maximum absolute atomic E-state index is 13.3. The van der Waals surface area contributed by atoms with E-state index in [0.717, 1.165) is 18.2 Å². The highest BCUT2D eigenvalue weighted by Crippen LogP contribution is 2.41. The molecule has 0 spiro atoms. The highest BCUT2D eigenvalue weighted by atomic mass is 32.2.